The van der Waals surface area contributed by atoms with Gasteiger partial charge in [-0.1, -0.05) is 13.3 Å². The standard InChI is InChI=1S/C8H11NO2/c1-2-3-7(4-5-9)6-8(10)11/h4H,2-3,6H2,1H3,(H,10,11). The summed E-state index contributed by atoms with van der Waals surface area (Å²) < 4.78 is 0. The van der Waals surface area contributed by atoms with Crippen molar-refractivity contribution in [2.24, 2.45) is 0 Å². The smallest absolute Gasteiger partial charge is 0.307 e. The number of hydrogen-bond donors (Lipinski definition) is 1. The van der Waals surface area contributed by atoms with Crippen molar-refractivity contribution >= 4 is 5.97 Å². The van der Waals surface area contributed by atoms with Crippen molar-refractivity contribution < 1.29 is 9.90 Å². The number of hydrogen-bond acceptors (Lipinski definition) is 2. The predicted octanol–water partition coefficient (Wildman–Crippen LogP) is 1.71. The molecule has 0 heterocycles. The van der Waals surface area contributed by atoms with E-state index < -0.39 is 5.97 Å². The third kappa shape index (κ3) is 5.16. The fourth-order valence-electron chi connectivity index (χ4n) is 0.818. The monoisotopic (exact) mass is 153 g/mol. The van der Waals surface area contributed by atoms with Crippen LogP contribution in [-0.4, -0.2) is 11.1 Å². The average molecular weight is 153 g/mol. The zero-order valence-electron chi connectivity index (χ0n) is 6.50. The lowest BCUT2D eigenvalue weighted by atomic mass is 10.1. The van der Waals surface area contributed by atoms with Gasteiger partial charge in [0.2, 0.25) is 0 Å². The SMILES string of the molecule is CCCC(=CC#N)CC(=O)O. The minimum Gasteiger partial charge on any atom is -0.481 e. The lowest BCUT2D eigenvalue weighted by molar-refractivity contribution is -0.136. The quantitative estimate of drug-likeness (QED) is 0.625. The summed E-state index contributed by atoms with van der Waals surface area (Å²) in [6.07, 6.45) is 2.87. The van der Waals surface area contributed by atoms with Gasteiger partial charge in [-0.25, -0.2) is 0 Å². The van der Waals surface area contributed by atoms with Crippen molar-refractivity contribution in [2.45, 2.75) is 26.2 Å². The Hall–Kier alpha value is -1.30. The Morgan fingerprint density at radius 1 is 1.73 bits per heavy atom. The minimum atomic E-state index is -0.875. The molecule has 0 saturated heterocycles. The Balaban J connectivity index is 4.02. The van der Waals surface area contributed by atoms with Crippen LogP contribution in [0.15, 0.2) is 11.6 Å². The van der Waals surface area contributed by atoms with Crippen molar-refractivity contribution in [3.05, 3.63) is 11.6 Å². The number of nitrogens with zero attached hydrogens (tertiary/aromatic N) is 1. The van der Waals surface area contributed by atoms with E-state index in [2.05, 4.69) is 0 Å². The van der Waals surface area contributed by atoms with E-state index in [0.29, 0.717) is 12.0 Å². The number of nitriles is 1. The number of aliphatic carboxylic acids is 1. The highest BCUT2D eigenvalue weighted by atomic mass is 16.4. The summed E-state index contributed by atoms with van der Waals surface area (Å²) in [5, 5.41) is 16.6. The molecule has 60 valence electrons. The van der Waals surface area contributed by atoms with Crippen LogP contribution in [-0.2, 0) is 4.79 Å². The van der Waals surface area contributed by atoms with Gasteiger partial charge in [0.15, 0.2) is 0 Å². The maximum atomic E-state index is 10.2. The molecule has 0 aromatic heterocycles. The van der Waals surface area contributed by atoms with Gasteiger partial charge in [0.05, 0.1) is 12.5 Å². The number of carboxylic acids is 1. The average Bonchev–Trinajstić information content (AvgIpc) is 1.87. The molecule has 0 aliphatic carbocycles. The summed E-state index contributed by atoms with van der Waals surface area (Å²) >= 11 is 0. The summed E-state index contributed by atoms with van der Waals surface area (Å²) in [7, 11) is 0. The molecule has 0 aliphatic rings. The third-order valence-electron chi connectivity index (χ3n) is 1.22. The number of rotatable bonds is 4. The molecular weight excluding hydrogens is 142 g/mol. The molecule has 11 heavy (non-hydrogen) atoms. The van der Waals surface area contributed by atoms with Gasteiger partial charge in [-0.05, 0) is 12.0 Å². The second-order valence-electron chi connectivity index (χ2n) is 2.25. The second-order valence-corrected chi connectivity index (χ2v) is 2.25. The lowest BCUT2D eigenvalue weighted by Crippen LogP contribution is -1.96. The van der Waals surface area contributed by atoms with Crippen molar-refractivity contribution in [1.82, 2.24) is 0 Å². The van der Waals surface area contributed by atoms with E-state index in [1.807, 2.05) is 13.0 Å². The van der Waals surface area contributed by atoms with Crippen molar-refractivity contribution in [3.8, 4) is 6.07 Å². The molecule has 0 amide bonds. The van der Waals surface area contributed by atoms with Gasteiger partial charge < -0.3 is 5.11 Å². The van der Waals surface area contributed by atoms with E-state index in [0.717, 1.165) is 6.42 Å². The summed E-state index contributed by atoms with van der Waals surface area (Å²) in [6, 6.07) is 1.83. The minimum absolute atomic E-state index is 0.0125. The summed E-state index contributed by atoms with van der Waals surface area (Å²) in [6.45, 7) is 1.95. The molecule has 3 heteroatoms. The van der Waals surface area contributed by atoms with E-state index in [-0.39, 0.29) is 6.42 Å². The first-order chi connectivity index (χ1) is 5.20. The number of allylic oxidation sites excluding steroid dienone is 1. The summed E-state index contributed by atoms with van der Waals surface area (Å²) in [5.74, 6) is -0.875. The van der Waals surface area contributed by atoms with Crippen LogP contribution in [0.4, 0.5) is 0 Å². The van der Waals surface area contributed by atoms with Crippen LogP contribution in [0.5, 0.6) is 0 Å². The molecular formula is C8H11NO2. The van der Waals surface area contributed by atoms with Gasteiger partial charge in [0.1, 0.15) is 0 Å². The highest BCUT2D eigenvalue weighted by Gasteiger charge is 2.01. The Morgan fingerprint density at radius 2 is 2.36 bits per heavy atom. The molecule has 0 saturated carbocycles. The fourth-order valence-corrected chi connectivity index (χ4v) is 0.818. The molecule has 1 N–H and O–H groups in total. The summed E-state index contributed by atoms with van der Waals surface area (Å²) in [5.41, 5.74) is 0.697. The van der Waals surface area contributed by atoms with E-state index in [9.17, 15) is 4.79 Å². The van der Waals surface area contributed by atoms with E-state index in [4.69, 9.17) is 10.4 Å². The number of carboxylic acid groups (broad SMARTS) is 1. The lowest BCUT2D eigenvalue weighted by Gasteiger charge is -1.98. The molecule has 0 rings (SSSR count). The Morgan fingerprint density at radius 3 is 2.73 bits per heavy atom. The molecule has 0 bridgehead atoms. The molecule has 0 spiro atoms. The molecule has 3 nitrogen and oxygen atoms in total. The zero-order chi connectivity index (χ0) is 8.69. The van der Waals surface area contributed by atoms with Gasteiger partial charge in [-0.2, -0.15) is 5.26 Å². The van der Waals surface area contributed by atoms with Gasteiger partial charge >= 0.3 is 5.97 Å². The van der Waals surface area contributed by atoms with Gasteiger partial charge in [-0.3, -0.25) is 4.79 Å². The largest absolute Gasteiger partial charge is 0.481 e. The van der Waals surface area contributed by atoms with Gasteiger partial charge in [0.25, 0.3) is 0 Å². The molecule has 0 unspecified atom stereocenters. The number of carbonyl (C=O) groups is 1. The van der Waals surface area contributed by atoms with E-state index >= 15 is 0 Å². The van der Waals surface area contributed by atoms with Crippen LogP contribution >= 0.6 is 0 Å². The maximum absolute atomic E-state index is 10.2. The molecule has 0 fully saturated rings. The van der Waals surface area contributed by atoms with Crippen LogP contribution in [0.25, 0.3) is 0 Å². The Kier molecular flexibility index (Phi) is 4.83. The molecule has 0 aromatic carbocycles. The van der Waals surface area contributed by atoms with Crippen LogP contribution in [0, 0.1) is 11.3 Å². The molecule has 0 atom stereocenters. The van der Waals surface area contributed by atoms with Gasteiger partial charge in [0, 0.05) is 6.08 Å². The topological polar surface area (TPSA) is 61.1 Å². The first kappa shape index (κ1) is 9.70. The second kappa shape index (κ2) is 5.48. The van der Waals surface area contributed by atoms with E-state index in [1.54, 1.807) is 0 Å². The molecule has 0 aliphatic heterocycles. The van der Waals surface area contributed by atoms with Crippen molar-refractivity contribution in [1.29, 1.82) is 5.26 Å². The normalized spacial score (nSPS) is 10.7. The molecule has 0 aromatic rings. The summed E-state index contributed by atoms with van der Waals surface area (Å²) in [4.78, 5) is 10.2. The van der Waals surface area contributed by atoms with Crippen LogP contribution < -0.4 is 0 Å². The highest BCUT2D eigenvalue weighted by molar-refractivity contribution is 5.70. The van der Waals surface area contributed by atoms with Crippen LogP contribution in [0.1, 0.15) is 26.2 Å². The highest BCUT2D eigenvalue weighted by Crippen LogP contribution is 2.08. The fraction of sp³-hybridized carbons (Fsp3) is 0.500. The molecule has 0 radical (unpaired) electrons. The predicted molar refractivity (Wildman–Crippen MR) is 40.9 cm³/mol. The first-order valence-electron chi connectivity index (χ1n) is 3.50. The first-order valence-corrected chi connectivity index (χ1v) is 3.50. The third-order valence-corrected chi connectivity index (χ3v) is 1.22. The van der Waals surface area contributed by atoms with Crippen LogP contribution in [0.3, 0.4) is 0 Å². The van der Waals surface area contributed by atoms with Crippen LogP contribution in [0.2, 0.25) is 0 Å². The zero-order valence-corrected chi connectivity index (χ0v) is 6.50. The van der Waals surface area contributed by atoms with Crippen molar-refractivity contribution in [2.75, 3.05) is 0 Å². The Bertz CT molecular complexity index is 201. The van der Waals surface area contributed by atoms with E-state index in [1.165, 1.54) is 6.08 Å². The Labute approximate surface area is 66.0 Å². The van der Waals surface area contributed by atoms with Crippen molar-refractivity contribution in [3.63, 3.8) is 0 Å². The van der Waals surface area contributed by atoms with Gasteiger partial charge in [-0.15, -0.1) is 0 Å². The maximum Gasteiger partial charge on any atom is 0.307 e.